The Bertz CT molecular complexity index is 426. The molecule has 3 nitrogen and oxygen atoms in total. The molecule has 0 fully saturated rings. The van der Waals surface area contributed by atoms with Gasteiger partial charge in [0.25, 0.3) is 0 Å². The average Bonchev–Trinajstić information content (AvgIpc) is 2.42. The van der Waals surface area contributed by atoms with Crippen molar-refractivity contribution in [1.29, 1.82) is 0 Å². The predicted molar refractivity (Wildman–Crippen MR) is 81.1 cm³/mol. The van der Waals surface area contributed by atoms with Gasteiger partial charge in [0.1, 0.15) is 0 Å². The topological polar surface area (TPSA) is 46.5 Å². The Morgan fingerprint density at radius 2 is 2.05 bits per heavy atom. The van der Waals surface area contributed by atoms with Crippen LogP contribution in [0.1, 0.15) is 67.4 Å². The molecule has 0 aliphatic carbocycles. The zero-order chi connectivity index (χ0) is 15.0. The number of benzene rings is 1. The monoisotopic (exact) mass is 278 g/mol. The van der Waals surface area contributed by atoms with Crippen molar-refractivity contribution < 1.29 is 14.6 Å². The number of carboxylic acids is 1. The van der Waals surface area contributed by atoms with Crippen LogP contribution in [0, 0.1) is 6.92 Å². The van der Waals surface area contributed by atoms with Gasteiger partial charge in [0, 0.05) is 0 Å². The lowest BCUT2D eigenvalue weighted by Crippen LogP contribution is -2.09. The van der Waals surface area contributed by atoms with Gasteiger partial charge in [0.05, 0.1) is 18.3 Å². The van der Waals surface area contributed by atoms with Gasteiger partial charge in [0.2, 0.25) is 0 Å². The first-order chi connectivity index (χ1) is 9.54. The fraction of sp³-hybridized carbons (Fsp3) is 0.588. The molecule has 1 rings (SSSR count). The van der Waals surface area contributed by atoms with E-state index in [4.69, 9.17) is 9.84 Å². The predicted octanol–water partition coefficient (Wildman–Crippen LogP) is 4.57. The summed E-state index contributed by atoms with van der Waals surface area (Å²) in [6.45, 7) is 6.80. The fourth-order valence-corrected chi connectivity index (χ4v) is 2.16. The molecule has 0 radical (unpaired) electrons. The van der Waals surface area contributed by atoms with Crippen molar-refractivity contribution in [3.63, 3.8) is 0 Å². The van der Waals surface area contributed by atoms with Crippen LogP contribution >= 0.6 is 0 Å². The van der Waals surface area contributed by atoms with Crippen molar-refractivity contribution in [3.8, 4) is 0 Å². The van der Waals surface area contributed by atoms with E-state index in [1.165, 1.54) is 25.7 Å². The van der Waals surface area contributed by atoms with Crippen molar-refractivity contribution in [3.05, 3.63) is 34.9 Å². The summed E-state index contributed by atoms with van der Waals surface area (Å²) in [4.78, 5) is 10.9. The third-order valence-electron chi connectivity index (χ3n) is 3.58. The minimum absolute atomic E-state index is 0.255. The van der Waals surface area contributed by atoms with E-state index in [0.717, 1.165) is 17.5 Å². The summed E-state index contributed by atoms with van der Waals surface area (Å²) in [5, 5.41) is 8.93. The summed E-state index contributed by atoms with van der Waals surface area (Å²) in [7, 11) is 0. The summed E-state index contributed by atoms with van der Waals surface area (Å²) < 4.78 is 5.84. The van der Waals surface area contributed by atoms with Gasteiger partial charge in [-0.25, -0.2) is 4.79 Å². The Morgan fingerprint density at radius 1 is 1.30 bits per heavy atom. The van der Waals surface area contributed by atoms with Crippen molar-refractivity contribution in [2.24, 2.45) is 0 Å². The lowest BCUT2D eigenvalue weighted by Gasteiger charge is -2.14. The Balaban J connectivity index is 2.39. The van der Waals surface area contributed by atoms with Gasteiger partial charge in [0.15, 0.2) is 0 Å². The molecule has 3 heteroatoms. The summed E-state index contributed by atoms with van der Waals surface area (Å²) in [5.41, 5.74) is 2.37. The van der Waals surface area contributed by atoms with Gasteiger partial charge in [-0.3, -0.25) is 0 Å². The summed E-state index contributed by atoms with van der Waals surface area (Å²) in [6, 6.07) is 5.19. The first-order valence-electron chi connectivity index (χ1n) is 7.49. The van der Waals surface area contributed by atoms with E-state index < -0.39 is 5.97 Å². The summed E-state index contributed by atoms with van der Waals surface area (Å²) >= 11 is 0. The highest BCUT2D eigenvalue weighted by molar-refractivity contribution is 5.87. The minimum Gasteiger partial charge on any atom is -0.478 e. The molecule has 112 valence electrons. The maximum absolute atomic E-state index is 10.9. The molecule has 0 heterocycles. The Labute approximate surface area is 122 Å². The third-order valence-corrected chi connectivity index (χ3v) is 3.58. The third kappa shape index (κ3) is 5.74. The van der Waals surface area contributed by atoms with Crippen LogP contribution in [0.3, 0.4) is 0 Å². The van der Waals surface area contributed by atoms with E-state index in [1.54, 1.807) is 12.1 Å². The molecule has 0 amide bonds. The smallest absolute Gasteiger partial charge is 0.335 e. The van der Waals surface area contributed by atoms with E-state index >= 15 is 0 Å². The molecule has 0 bridgehead atoms. The van der Waals surface area contributed by atoms with Gasteiger partial charge < -0.3 is 9.84 Å². The van der Waals surface area contributed by atoms with Crippen LogP contribution in [0.2, 0.25) is 0 Å². The Hall–Kier alpha value is -1.35. The van der Waals surface area contributed by atoms with Crippen LogP contribution in [0.25, 0.3) is 0 Å². The van der Waals surface area contributed by atoms with Gasteiger partial charge in [-0.1, -0.05) is 38.7 Å². The maximum atomic E-state index is 10.9. The fourth-order valence-electron chi connectivity index (χ4n) is 2.16. The van der Waals surface area contributed by atoms with Crippen molar-refractivity contribution in [1.82, 2.24) is 0 Å². The largest absolute Gasteiger partial charge is 0.478 e. The molecule has 0 aliphatic heterocycles. The molecule has 0 aliphatic rings. The maximum Gasteiger partial charge on any atom is 0.335 e. The van der Waals surface area contributed by atoms with Crippen LogP contribution < -0.4 is 0 Å². The zero-order valence-corrected chi connectivity index (χ0v) is 12.8. The molecule has 0 spiro atoms. The van der Waals surface area contributed by atoms with Gasteiger partial charge >= 0.3 is 5.97 Å². The molecule has 1 aromatic carbocycles. The highest BCUT2D eigenvalue weighted by Crippen LogP contribution is 2.15. The molecule has 1 N–H and O–H groups in total. The van der Waals surface area contributed by atoms with Crippen molar-refractivity contribution in [2.75, 3.05) is 0 Å². The van der Waals surface area contributed by atoms with E-state index in [0.29, 0.717) is 12.2 Å². The highest BCUT2D eigenvalue weighted by atomic mass is 16.5. The normalized spacial score (nSPS) is 12.3. The molecular formula is C17H26O3. The zero-order valence-electron chi connectivity index (χ0n) is 12.8. The SMILES string of the molecule is CCCCCCC(C)OCc1ccc(C(=O)O)cc1C. The van der Waals surface area contributed by atoms with Crippen LogP contribution in [0.15, 0.2) is 18.2 Å². The quantitative estimate of drug-likeness (QED) is 0.673. The number of aromatic carboxylic acids is 1. The van der Waals surface area contributed by atoms with Crippen LogP contribution in [-0.2, 0) is 11.3 Å². The summed E-state index contributed by atoms with van der Waals surface area (Å²) in [6.07, 6.45) is 6.38. The first kappa shape index (κ1) is 16.7. The number of ether oxygens (including phenoxy) is 1. The van der Waals surface area contributed by atoms with E-state index in [1.807, 2.05) is 13.0 Å². The van der Waals surface area contributed by atoms with Crippen LogP contribution in [0.5, 0.6) is 0 Å². The Kier molecular flexibility index (Phi) is 7.31. The lowest BCUT2D eigenvalue weighted by molar-refractivity contribution is 0.0455. The van der Waals surface area contributed by atoms with E-state index in [-0.39, 0.29) is 6.10 Å². The number of hydrogen-bond acceptors (Lipinski definition) is 2. The number of unbranched alkanes of at least 4 members (excludes halogenated alkanes) is 3. The molecule has 1 aromatic rings. The van der Waals surface area contributed by atoms with Gasteiger partial charge in [-0.15, -0.1) is 0 Å². The molecule has 0 saturated heterocycles. The molecular weight excluding hydrogens is 252 g/mol. The molecule has 1 unspecified atom stereocenters. The van der Waals surface area contributed by atoms with Crippen LogP contribution in [0.4, 0.5) is 0 Å². The van der Waals surface area contributed by atoms with Gasteiger partial charge in [-0.2, -0.15) is 0 Å². The van der Waals surface area contributed by atoms with Gasteiger partial charge in [-0.05, 0) is 43.5 Å². The lowest BCUT2D eigenvalue weighted by atomic mass is 10.1. The van der Waals surface area contributed by atoms with E-state index in [2.05, 4.69) is 13.8 Å². The number of rotatable bonds is 9. The molecule has 0 aromatic heterocycles. The summed E-state index contributed by atoms with van der Waals surface area (Å²) in [5.74, 6) is -0.884. The number of aryl methyl sites for hydroxylation is 1. The molecule has 0 saturated carbocycles. The van der Waals surface area contributed by atoms with E-state index in [9.17, 15) is 4.79 Å². The average molecular weight is 278 g/mol. The standard InChI is InChI=1S/C17H26O3/c1-4-5-6-7-8-14(3)20-12-16-10-9-15(17(18)19)11-13(16)2/h9-11,14H,4-8,12H2,1-3H3,(H,18,19). The first-order valence-corrected chi connectivity index (χ1v) is 7.49. The highest BCUT2D eigenvalue weighted by Gasteiger charge is 2.07. The van der Waals surface area contributed by atoms with Crippen LogP contribution in [-0.4, -0.2) is 17.2 Å². The Morgan fingerprint density at radius 3 is 2.65 bits per heavy atom. The number of carboxylic acid groups (broad SMARTS) is 1. The molecule has 1 atom stereocenters. The minimum atomic E-state index is -0.884. The second-order valence-corrected chi connectivity index (χ2v) is 5.42. The number of hydrogen-bond donors (Lipinski definition) is 1. The van der Waals surface area contributed by atoms with Crippen molar-refractivity contribution >= 4 is 5.97 Å². The second-order valence-electron chi connectivity index (χ2n) is 5.42. The van der Waals surface area contributed by atoms with Crippen molar-refractivity contribution in [2.45, 2.75) is 65.6 Å². The molecule has 20 heavy (non-hydrogen) atoms. The second kappa shape index (κ2) is 8.75. The number of carbonyl (C=O) groups is 1.